The summed E-state index contributed by atoms with van der Waals surface area (Å²) in [5.41, 5.74) is 4.31. The Bertz CT molecular complexity index is 1250. The van der Waals surface area contributed by atoms with Crippen molar-refractivity contribution in [3.63, 3.8) is 0 Å². The summed E-state index contributed by atoms with van der Waals surface area (Å²) in [6.45, 7) is 2.23. The van der Waals surface area contributed by atoms with Crippen molar-refractivity contribution in [2.75, 3.05) is 30.4 Å². The summed E-state index contributed by atoms with van der Waals surface area (Å²) in [7, 11) is 1.76. The van der Waals surface area contributed by atoms with E-state index in [0.29, 0.717) is 23.4 Å². The average Bonchev–Trinajstić information content (AvgIpc) is 3.04. The number of hydrogen-bond donors (Lipinski definition) is 1. The van der Waals surface area contributed by atoms with Crippen LogP contribution in [0.2, 0.25) is 0 Å². The molecule has 3 aromatic carbocycles. The van der Waals surface area contributed by atoms with Crippen LogP contribution in [0.5, 0.6) is 0 Å². The number of aryl methyl sites for hydroxylation is 1. The molecule has 7 nitrogen and oxygen atoms in total. The molecule has 0 fully saturated rings. The maximum Gasteiger partial charge on any atom is 1.00 e. The number of para-hydroxylation sites is 1. The topological polar surface area (TPSA) is 92.8 Å². The standard InChI is InChI=1S/C28H29N3O4.K/c1-19-8-3-4-9-22(19)27(34)29-21-15-13-20(14-16-21)28(35)31-17-7-12-24(30(2)18-26(32)33)23-10-5-6-11-25(23)31;/h3-6,8-11,13-16,24H,7,12,17-18H2,1-2H3,(H,29,34)(H,32,33);/q;+1/p-1. The molecule has 2 amide bonds. The van der Waals surface area contributed by atoms with E-state index in [1.807, 2.05) is 49.4 Å². The zero-order valence-corrected chi connectivity index (χ0v) is 24.0. The van der Waals surface area contributed by atoms with E-state index in [-0.39, 0.29) is 75.8 Å². The van der Waals surface area contributed by atoms with Gasteiger partial charge in [0.1, 0.15) is 0 Å². The van der Waals surface area contributed by atoms with Gasteiger partial charge in [-0.3, -0.25) is 14.5 Å². The van der Waals surface area contributed by atoms with Gasteiger partial charge in [-0.2, -0.15) is 0 Å². The van der Waals surface area contributed by atoms with E-state index in [2.05, 4.69) is 5.32 Å². The number of carboxylic acids is 1. The van der Waals surface area contributed by atoms with Crippen LogP contribution >= 0.6 is 0 Å². The number of aliphatic carboxylic acids is 1. The summed E-state index contributed by atoms with van der Waals surface area (Å²) in [6.07, 6.45) is 1.46. The first kappa shape index (κ1) is 28.2. The quantitative estimate of drug-likeness (QED) is 0.486. The van der Waals surface area contributed by atoms with Crippen LogP contribution in [0.3, 0.4) is 0 Å². The van der Waals surface area contributed by atoms with Gasteiger partial charge in [-0.25, -0.2) is 0 Å². The Morgan fingerprint density at radius 1 is 1.00 bits per heavy atom. The number of nitrogens with zero attached hydrogens (tertiary/aromatic N) is 2. The zero-order chi connectivity index (χ0) is 24.9. The minimum absolute atomic E-state index is 0. The summed E-state index contributed by atoms with van der Waals surface area (Å²) in [5.74, 6) is -1.47. The van der Waals surface area contributed by atoms with Crippen molar-refractivity contribution in [3.8, 4) is 0 Å². The van der Waals surface area contributed by atoms with Crippen LogP contribution in [-0.4, -0.2) is 42.8 Å². The zero-order valence-electron chi connectivity index (χ0n) is 20.9. The molecule has 36 heavy (non-hydrogen) atoms. The molecule has 1 unspecified atom stereocenters. The summed E-state index contributed by atoms with van der Waals surface area (Å²) < 4.78 is 0. The predicted molar refractivity (Wildman–Crippen MR) is 133 cm³/mol. The van der Waals surface area contributed by atoms with Gasteiger partial charge < -0.3 is 20.1 Å². The van der Waals surface area contributed by atoms with E-state index >= 15 is 0 Å². The fourth-order valence-electron chi connectivity index (χ4n) is 4.59. The van der Waals surface area contributed by atoms with Gasteiger partial charge in [0.15, 0.2) is 0 Å². The van der Waals surface area contributed by atoms with Gasteiger partial charge in [-0.05, 0) is 74.3 Å². The fourth-order valence-corrected chi connectivity index (χ4v) is 4.59. The molecule has 3 aromatic rings. The van der Waals surface area contributed by atoms with Crippen LogP contribution in [-0.2, 0) is 4.79 Å². The first-order valence-corrected chi connectivity index (χ1v) is 11.6. The monoisotopic (exact) mass is 509 g/mol. The number of fused-ring (bicyclic) bond motifs is 1. The molecule has 1 atom stereocenters. The number of amides is 2. The number of likely N-dealkylation sites (N-methyl/N-ethyl adjacent to an activating group) is 1. The number of nitrogens with one attached hydrogen (secondary N) is 1. The predicted octanol–water partition coefficient (Wildman–Crippen LogP) is 0.415. The second-order valence-electron chi connectivity index (χ2n) is 8.81. The Labute approximate surface area is 253 Å². The molecule has 0 bridgehead atoms. The Hall–Kier alpha value is -2.33. The molecular formula is C28H28KN3O4. The third-order valence-electron chi connectivity index (χ3n) is 6.38. The van der Waals surface area contributed by atoms with Crippen LogP contribution in [0, 0.1) is 6.92 Å². The molecule has 1 heterocycles. The molecule has 0 saturated heterocycles. The fraction of sp³-hybridized carbons (Fsp3) is 0.250. The number of carboxylic acid groups (broad SMARTS) is 1. The van der Waals surface area contributed by atoms with Crippen molar-refractivity contribution in [2.45, 2.75) is 25.8 Å². The Balaban J connectivity index is 0.00000361. The molecule has 1 aliphatic rings. The summed E-state index contributed by atoms with van der Waals surface area (Å²) in [5, 5.41) is 14.0. The van der Waals surface area contributed by atoms with Crippen LogP contribution in [0.15, 0.2) is 72.8 Å². The average molecular weight is 510 g/mol. The van der Waals surface area contributed by atoms with E-state index in [1.165, 1.54) is 0 Å². The van der Waals surface area contributed by atoms with E-state index in [9.17, 15) is 19.5 Å². The SMILES string of the molecule is Cc1ccccc1C(=O)Nc1ccc(C(=O)N2CCCC(N(C)CC(=O)[O-])c3ccccc32)cc1.[K+]. The molecule has 4 rings (SSSR count). The Morgan fingerprint density at radius 2 is 1.67 bits per heavy atom. The smallest absolute Gasteiger partial charge is 0.549 e. The Morgan fingerprint density at radius 3 is 2.36 bits per heavy atom. The Kier molecular flexibility index (Phi) is 10.0. The van der Waals surface area contributed by atoms with Crippen molar-refractivity contribution in [1.82, 2.24) is 4.90 Å². The second-order valence-corrected chi connectivity index (χ2v) is 8.81. The molecule has 1 aliphatic heterocycles. The molecular weight excluding hydrogens is 481 g/mol. The summed E-state index contributed by atoms with van der Waals surface area (Å²) >= 11 is 0. The normalized spacial score (nSPS) is 14.9. The van der Waals surface area contributed by atoms with Crippen molar-refractivity contribution in [2.24, 2.45) is 0 Å². The molecule has 0 aliphatic carbocycles. The first-order chi connectivity index (χ1) is 16.8. The maximum absolute atomic E-state index is 13.5. The van der Waals surface area contributed by atoms with Crippen LogP contribution in [0.1, 0.15) is 50.7 Å². The number of anilines is 2. The van der Waals surface area contributed by atoms with Crippen molar-refractivity contribution >= 4 is 29.2 Å². The van der Waals surface area contributed by atoms with Crippen LogP contribution < -0.4 is 66.7 Å². The van der Waals surface area contributed by atoms with Gasteiger partial charge in [-0.15, -0.1) is 0 Å². The number of hydrogen-bond acceptors (Lipinski definition) is 5. The minimum atomic E-state index is -1.13. The van der Waals surface area contributed by atoms with Gasteiger partial charge in [0.05, 0.1) is 5.97 Å². The van der Waals surface area contributed by atoms with Crippen molar-refractivity contribution < 1.29 is 70.9 Å². The molecule has 0 spiro atoms. The number of carbonyl (C=O) groups excluding carboxylic acids is 3. The van der Waals surface area contributed by atoms with Gasteiger partial charge >= 0.3 is 51.4 Å². The van der Waals surface area contributed by atoms with Gasteiger partial charge in [0.25, 0.3) is 11.8 Å². The van der Waals surface area contributed by atoms with Gasteiger partial charge in [0.2, 0.25) is 0 Å². The van der Waals surface area contributed by atoms with Crippen LogP contribution in [0.4, 0.5) is 11.4 Å². The van der Waals surface area contributed by atoms with E-state index in [4.69, 9.17) is 0 Å². The molecule has 8 heteroatoms. The molecule has 0 radical (unpaired) electrons. The van der Waals surface area contributed by atoms with Crippen molar-refractivity contribution in [1.29, 1.82) is 0 Å². The largest absolute Gasteiger partial charge is 1.00 e. The van der Waals surface area contributed by atoms with Crippen LogP contribution in [0.25, 0.3) is 0 Å². The van der Waals surface area contributed by atoms with Crippen molar-refractivity contribution in [3.05, 3.63) is 95.1 Å². The van der Waals surface area contributed by atoms with Gasteiger partial charge in [-0.1, -0.05) is 36.4 Å². The van der Waals surface area contributed by atoms with E-state index in [1.54, 1.807) is 47.2 Å². The number of rotatable bonds is 6. The summed E-state index contributed by atoms with van der Waals surface area (Å²) in [4.78, 5) is 40.8. The minimum Gasteiger partial charge on any atom is -0.549 e. The third-order valence-corrected chi connectivity index (χ3v) is 6.38. The molecule has 0 aromatic heterocycles. The van der Waals surface area contributed by atoms with E-state index < -0.39 is 5.97 Å². The molecule has 0 saturated carbocycles. The number of benzene rings is 3. The first-order valence-electron chi connectivity index (χ1n) is 11.6. The molecule has 180 valence electrons. The summed E-state index contributed by atoms with van der Waals surface area (Å²) in [6, 6.07) is 21.7. The second kappa shape index (κ2) is 12.8. The number of carbonyl (C=O) groups is 3. The third kappa shape index (κ3) is 6.50. The van der Waals surface area contributed by atoms with Gasteiger partial charge in [0, 0.05) is 41.6 Å². The van der Waals surface area contributed by atoms with E-state index in [0.717, 1.165) is 29.7 Å². The molecule has 1 N–H and O–H groups in total. The maximum atomic E-state index is 13.5.